The Balaban J connectivity index is 1.23. The normalized spacial score (nSPS) is 41.8. The Morgan fingerprint density at radius 3 is 2.47 bits per heavy atom. The third-order valence-electron chi connectivity index (χ3n) is 12.5. The van der Waals surface area contributed by atoms with Gasteiger partial charge >= 0.3 is 0 Å². The molecule has 8 atom stereocenters. The zero-order chi connectivity index (χ0) is 25.5. The van der Waals surface area contributed by atoms with Crippen molar-refractivity contribution in [3.8, 4) is 0 Å². The topological polar surface area (TPSA) is 17.1 Å². The Bertz CT molecular complexity index is 808. The van der Waals surface area contributed by atoms with Crippen LogP contribution < -0.4 is 0 Å². The molecule has 5 aliphatic rings. The molecular formula is C34H56OS. The Hall–Kier alpha value is -0.240. The standard InChI is InChI=1S/C34H56OS/c1-23(2)10-9-11-24(3)29-16-17-30-28-15-14-26-22-27(36-32(35)25-12-7-6-8-13-25)18-20-33(26,4)31(28)19-21-34(29,30)5/h14,23-25,27-31H,6-13,15-22H2,1-5H3/t24-,27-,28-,29+,30-,31-,33-,34+/m0/s1. The molecule has 0 aromatic carbocycles. The van der Waals surface area contributed by atoms with E-state index in [1.807, 2.05) is 0 Å². The van der Waals surface area contributed by atoms with E-state index in [2.05, 4.69) is 40.7 Å². The van der Waals surface area contributed by atoms with Gasteiger partial charge in [-0.2, -0.15) is 0 Å². The summed E-state index contributed by atoms with van der Waals surface area (Å²) in [5.74, 6) is 5.82. The molecule has 1 nitrogen and oxygen atoms in total. The maximum atomic E-state index is 13.0. The van der Waals surface area contributed by atoms with Gasteiger partial charge in [0.25, 0.3) is 0 Å². The van der Waals surface area contributed by atoms with Crippen molar-refractivity contribution in [2.75, 3.05) is 0 Å². The minimum absolute atomic E-state index is 0.362. The molecule has 5 rings (SSSR count). The number of thioether (sulfide) groups is 1. The van der Waals surface area contributed by atoms with Crippen molar-refractivity contribution in [3.05, 3.63) is 11.6 Å². The molecule has 0 radical (unpaired) electrons. The molecule has 0 aliphatic heterocycles. The molecule has 0 saturated heterocycles. The highest BCUT2D eigenvalue weighted by Crippen LogP contribution is 2.67. The van der Waals surface area contributed by atoms with Gasteiger partial charge in [-0.25, -0.2) is 0 Å². The lowest BCUT2D eigenvalue weighted by Gasteiger charge is -2.58. The lowest BCUT2D eigenvalue weighted by atomic mass is 9.47. The number of rotatable bonds is 7. The van der Waals surface area contributed by atoms with Crippen molar-refractivity contribution in [2.45, 2.75) is 143 Å². The summed E-state index contributed by atoms with van der Waals surface area (Å²) in [7, 11) is 0. The highest BCUT2D eigenvalue weighted by atomic mass is 32.2. The highest BCUT2D eigenvalue weighted by molar-refractivity contribution is 8.14. The highest BCUT2D eigenvalue weighted by Gasteiger charge is 2.59. The minimum atomic E-state index is 0.362. The summed E-state index contributed by atoms with van der Waals surface area (Å²) in [6.07, 6.45) is 24.2. The van der Waals surface area contributed by atoms with Gasteiger partial charge in [-0.3, -0.25) is 4.79 Å². The lowest BCUT2D eigenvalue weighted by molar-refractivity contribution is -0.115. The van der Waals surface area contributed by atoms with Gasteiger partial charge in [-0.05, 0) is 111 Å². The Labute approximate surface area is 227 Å². The molecule has 0 bridgehead atoms. The van der Waals surface area contributed by atoms with E-state index in [4.69, 9.17) is 0 Å². The van der Waals surface area contributed by atoms with Crippen molar-refractivity contribution in [2.24, 2.45) is 52.3 Å². The third kappa shape index (κ3) is 5.16. The van der Waals surface area contributed by atoms with Crippen LogP contribution in [0.25, 0.3) is 0 Å². The van der Waals surface area contributed by atoms with Gasteiger partial charge in [0.15, 0.2) is 5.12 Å². The van der Waals surface area contributed by atoms with Gasteiger partial charge < -0.3 is 0 Å². The first-order valence-electron chi connectivity index (χ1n) is 16.1. The quantitative estimate of drug-likeness (QED) is 0.316. The second-order valence-corrected chi connectivity index (χ2v) is 16.2. The SMILES string of the molecule is CC(C)CCC[C@H](C)[C@H]1CC[C@H]2[C@@H]3CC=C4C[C@@H](SC(=O)C5CCCCC5)CC[C@]4(C)[C@H]3CC[C@]12C. The second kappa shape index (κ2) is 11.1. The van der Waals surface area contributed by atoms with E-state index in [1.54, 1.807) is 17.3 Å². The average molecular weight is 513 g/mol. The van der Waals surface area contributed by atoms with Gasteiger partial charge in [0, 0.05) is 11.2 Å². The molecule has 0 amide bonds. The van der Waals surface area contributed by atoms with E-state index >= 15 is 0 Å². The summed E-state index contributed by atoms with van der Waals surface area (Å²) in [5, 5.41) is 1.08. The fourth-order valence-electron chi connectivity index (χ4n) is 10.4. The van der Waals surface area contributed by atoms with E-state index in [0.717, 1.165) is 48.3 Å². The summed E-state index contributed by atoms with van der Waals surface area (Å²) in [6.45, 7) is 12.7. The molecule has 2 heteroatoms. The number of carbonyl (C=O) groups is 1. The van der Waals surface area contributed by atoms with Crippen LogP contribution in [0.1, 0.15) is 137 Å². The zero-order valence-corrected chi connectivity index (χ0v) is 25.1. The molecule has 4 saturated carbocycles. The molecule has 0 aromatic rings. The molecule has 0 N–H and O–H groups in total. The zero-order valence-electron chi connectivity index (χ0n) is 24.3. The van der Waals surface area contributed by atoms with Crippen molar-refractivity contribution < 1.29 is 4.79 Å². The third-order valence-corrected chi connectivity index (χ3v) is 13.8. The number of allylic oxidation sites excluding steroid dienone is 2. The van der Waals surface area contributed by atoms with Crippen LogP contribution in [-0.4, -0.2) is 10.4 Å². The fourth-order valence-corrected chi connectivity index (χ4v) is 11.6. The summed E-state index contributed by atoms with van der Waals surface area (Å²) < 4.78 is 0. The smallest absolute Gasteiger partial charge is 0.192 e. The second-order valence-electron chi connectivity index (χ2n) is 14.9. The molecule has 0 heterocycles. The van der Waals surface area contributed by atoms with E-state index < -0.39 is 0 Å². The molecule has 0 unspecified atom stereocenters. The summed E-state index contributed by atoms with van der Waals surface area (Å²) in [6, 6.07) is 0. The maximum absolute atomic E-state index is 13.0. The molecular weight excluding hydrogens is 456 g/mol. The van der Waals surface area contributed by atoms with Crippen LogP contribution in [-0.2, 0) is 4.79 Å². The first-order valence-corrected chi connectivity index (χ1v) is 17.0. The molecule has 0 aromatic heterocycles. The first kappa shape index (κ1) is 27.3. The summed E-state index contributed by atoms with van der Waals surface area (Å²) >= 11 is 1.76. The van der Waals surface area contributed by atoms with Gasteiger partial charge in [-0.15, -0.1) is 0 Å². The first-order chi connectivity index (χ1) is 17.2. The van der Waals surface area contributed by atoms with Gasteiger partial charge in [0.2, 0.25) is 0 Å². The van der Waals surface area contributed by atoms with Gasteiger partial charge in [0.05, 0.1) is 0 Å². The maximum Gasteiger partial charge on any atom is 0.192 e. The van der Waals surface area contributed by atoms with Crippen LogP contribution in [0.15, 0.2) is 11.6 Å². The molecule has 0 spiro atoms. The predicted molar refractivity (Wildman–Crippen MR) is 156 cm³/mol. The van der Waals surface area contributed by atoms with Crippen LogP contribution in [0.4, 0.5) is 0 Å². The summed E-state index contributed by atoms with van der Waals surface area (Å²) in [5.41, 5.74) is 2.75. The Morgan fingerprint density at radius 1 is 0.944 bits per heavy atom. The predicted octanol–water partition coefficient (Wildman–Crippen LogP) is 10.2. The van der Waals surface area contributed by atoms with Gasteiger partial charge in [-0.1, -0.05) is 96.6 Å². The fraction of sp³-hybridized carbons (Fsp3) is 0.912. The number of hydrogen-bond donors (Lipinski definition) is 0. The van der Waals surface area contributed by atoms with Crippen LogP contribution in [0.2, 0.25) is 0 Å². The Morgan fingerprint density at radius 2 is 1.72 bits per heavy atom. The van der Waals surface area contributed by atoms with Crippen LogP contribution in [0.3, 0.4) is 0 Å². The number of hydrogen-bond acceptors (Lipinski definition) is 2. The monoisotopic (exact) mass is 512 g/mol. The minimum Gasteiger partial charge on any atom is -0.287 e. The lowest BCUT2D eigenvalue weighted by Crippen LogP contribution is -2.50. The largest absolute Gasteiger partial charge is 0.287 e. The van der Waals surface area contributed by atoms with E-state index in [0.29, 0.717) is 27.1 Å². The Kier molecular flexibility index (Phi) is 8.42. The summed E-state index contributed by atoms with van der Waals surface area (Å²) in [4.78, 5) is 13.0. The molecule has 204 valence electrons. The van der Waals surface area contributed by atoms with Crippen molar-refractivity contribution in [1.82, 2.24) is 0 Å². The average Bonchev–Trinajstić information content (AvgIpc) is 3.22. The van der Waals surface area contributed by atoms with Crippen LogP contribution in [0.5, 0.6) is 0 Å². The van der Waals surface area contributed by atoms with E-state index in [-0.39, 0.29) is 0 Å². The molecule has 36 heavy (non-hydrogen) atoms. The molecule has 4 fully saturated rings. The molecule has 5 aliphatic carbocycles. The van der Waals surface area contributed by atoms with Crippen molar-refractivity contribution >= 4 is 16.9 Å². The number of carbonyl (C=O) groups excluding carboxylic acids is 1. The van der Waals surface area contributed by atoms with E-state index in [1.165, 1.54) is 89.9 Å². The van der Waals surface area contributed by atoms with Crippen LogP contribution >= 0.6 is 11.8 Å². The van der Waals surface area contributed by atoms with Gasteiger partial charge in [0.1, 0.15) is 0 Å². The van der Waals surface area contributed by atoms with Crippen LogP contribution in [0, 0.1) is 52.3 Å². The number of fused-ring (bicyclic) bond motifs is 5. The van der Waals surface area contributed by atoms with Crippen molar-refractivity contribution in [3.63, 3.8) is 0 Å². The van der Waals surface area contributed by atoms with E-state index in [9.17, 15) is 4.79 Å². The van der Waals surface area contributed by atoms with Crippen molar-refractivity contribution in [1.29, 1.82) is 0 Å².